The summed E-state index contributed by atoms with van der Waals surface area (Å²) in [7, 11) is 1.59. The van der Waals surface area contributed by atoms with Gasteiger partial charge in [0, 0.05) is 44.9 Å². The van der Waals surface area contributed by atoms with Gasteiger partial charge in [-0.3, -0.25) is 4.79 Å². The maximum Gasteiger partial charge on any atom is 0.222 e. The minimum atomic E-state index is 0.213. The lowest BCUT2D eigenvalue weighted by molar-refractivity contribution is -0.132. The van der Waals surface area contributed by atoms with Crippen molar-refractivity contribution in [1.29, 1.82) is 0 Å². The van der Waals surface area contributed by atoms with Gasteiger partial charge in [0.05, 0.1) is 7.11 Å². The van der Waals surface area contributed by atoms with E-state index >= 15 is 0 Å². The lowest BCUT2D eigenvalue weighted by Gasteiger charge is -2.36. The summed E-state index contributed by atoms with van der Waals surface area (Å²) in [6.07, 6.45) is 4.13. The minimum absolute atomic E-state index is 0.213. The molecule has 1 aliphatic rings. The van der Waals surface area contributed by atoms with Gasteiger partial charge < -0.3 is 14.5 Å². The van der Waals surface area contributed by atoms with E-state index in [2.05, 4.69) is 16.5 Å². The van der Waals surface area contributed by atoms with Crippen molar-refractivity contribution in [2.75, 3.05) is 33.3 Å². The molecule has 0 unspecified atom stereocenters. The number of hydrogen-bond donors (Lipinski definition) is 0. The van der Waals surface area contributed by atoms with Crippen LogP contribution in [0.5, 0.6) is 0 Å². The quantitative estimate of drug-likeness (QED) is 0.431. The van der Waals surface area contributed by atoms with Gasteiger partial charge >= 0.3 is 0 Å². The Labute approximate surface area is 115 Å². The van der Waals surface area contributed by atoms with Crippen molar-refractivity contribution in [3.63, 3.8) is 0 Å². The van der Waals surface area contributed by atoms with E-state index in [9.17, 15) is 4.79 Å². The topological polar surface area (TPSA) is 45.1 Å². The second kappa shape index (κ2) is 7.61. The minimum Gasteiger partial charge on any atom is -0.497 e. The van der Waals surface area contributed by atoms with Gasteiger partial charge in [-0.25, -0.2) is 4.99 Å². The van der Waals surface area contributed by atoms with Crippen LogP contribution >= 0.6 is 0 Å². The fourth-order valence-corrected chi connectivity index (χ4v) is 1.95. The first-order valence-corrected chi connectivity index (χ1v) is 6.58. The van der Waals surface area contributed by atoms with Crippen LogP contribution in [0, 0.1) is 0 Å². The molecule has 1 fully saturated rings. The predicted octanol–water partition coefficient (Wildman–Crippen LogP) is 1.63. The van der Waals surface area contributed by atoms with E-state index in [1.807, 2.05) is 24.8 Å². The summed E-state index contributed by atoms with van der Waals surface area (Å²) in [5, 5.41) is 0. The fourth-order valence-electron chi connectivity index (χ4n) is 1.95. The molecule has 0 N–H and O–H groups in total. The van der Waals surface area contributed by atoms with E-state index in [1.165, 1.54) is 0 Å². The first kappa shape index (κ1) is 15.3. The van der Waals surface area contributed by atoms with E-state index in [4.69, 9.17) is 4.74 Å². The standard InChI is InChI=1S/C14H23N3O2/c1-5-14(18)17-9-7-16(8-10-17)13(15-6-2)11-12(3)19-4/h6,11H,3,5,7-10H2,1-2,4H3/b13-11+,15-6-. The number of ether oxygens (including phenoxy) is 1. The maximum atomic E-state index is 11.6. The van der Waals surface area contributed by atoms with Gasteiger partial charge in [0.15, 0.2) is 0 Å². The average Bonchev–Trinajstić information content (AvgIpc) is 2.46. The second-order valence-corrected chi connectivity index (χ2v) is 4.28. The third-order valence-corrected chi connectivity index (χ3v) is 3.07. The fraction of sp³-hybridized carbons (Fsp3) is 0.571. The molecule has 1 amide bonds. The number of carbonyl (C=O) groups is 1. The second-order valence-electron chi connectivity index (χ2n) is 4.28. The molecule has 0 spiro atoms. The summed E-state index contributed by atoms with van der Waals surface area (Å²) in [6, 6.07) is 0. The zero-order chi connectivity index (χ0) is 14.3. The van der Waals surface area contributed by atoms with E-state index in [0.29, 0.717) is 12.2 Å². The molecule has 0 saturated carbocycles. The molecule has 1 aliphatic heterocycles. The molecule has 19 heavy (non-hydrogen) atoms. The Balaban J connectivity index is 2.67. The van der Waals surface area contributed by atoms with Crippen molar-refractivity contribution < 1.29 is 9.53 Å². The zero-order valence-corrected chi connectivity index (χ0v) is 12.1. The molecule has 1 heterocycles. The summed E-state index contributed by atoms with van der Waals surface area (Å²) < 4.78 is 5.06. The Morgan fingerprint density at radius 2 is 1.89 bits per heavy atom. The number of hydrogen-bond acceptors (Lipinski definition) is 4. The molecular weight excluding hydrogens is 242 g/mol. The Bertz CT molecular complexity index is 380. The molecule has 0 atom stereocenters. The Morgan fingerprint density at radius 3 is 2.37 bits per heavy atom. The van der Waals surface area contributed by atoms with Crippen LogP contribution in [0.3, 0.4) is 0 Å². The Kier molecular flexibility index (Phi) is 6.12. The van der Waals surface area contributed by atoms with Crippen LogP contribution in [-0.4, -0.2) is 55.2 Å². The lowest BCUT2D eigenvalue weighted by Crippen LogP contribution is -2.47. The van der Waals surface area contributed by atoms with Crippen LogP contribution in [0.15, 0.2) is 29.2 Å². The van der Waals surface area contributed by atoms with Gasteiger partial charge in [0.25, 0.3) is 0 Å². The number of rotatable bonds is 5. The van der Waals surface area contributed by atoms with E-state index in [0.717, 1.165) is 32.0 Å². The lowest BCUT2D eigenvalue weighted by atomic mass is 10.3. The normalized spacial score (nSPS) is 16.9. The van der Waals surface area contributed by atoms with E-state index in [1.54, 1.807) is 13.3 Å². The highest BCUT2D eigenvalue weighted by atomic mass is 16.5. The molecule has 5 nitrogen and oxygen atoms in total. The summed E-state index contributed by atoms with van der Waals surface area (Å²) in [5.74, 6) is 1.62. The van der Waals surface area contributed by atoms with Crippen LogP contribution < -0.4 is 0 Å². The molecule has 0 aromatic carbocycles. The first-order valence-electron chi connectivity index (χ1n) is 6.58. The number of amides is 1. The van der Waals surface area contributed by atoms with E-state index in [-0.39, 0.29) is 5.91 Å². The highest BCUT2D eigenvalue weighted by Gasteiger charge is 2.21. The number of methoxy groups -OCH3 is 1. The van der Waals surface area contributed by atoms with Crippen LogP contribution in [0.1, 0.15) is 20.3 Å². The van der Waals surface area contributed by atoms with Crippen molar-refractivity contribution in [2.24, 2.45) is 4.99 Å². The van der Waals surface area contributed by atoms with Gasteiger partial charge in [-0.15, -0.1) is 0 Å². The number of nitrogens with zero attached hydrogens (tertiary/aromatic N) is 3. The van der Waals surface area contributed by atoms with Crippen molar-refractivity contribution in [3.8, 4) is 0 Å². The molecule has 0 bridgehead atoms. The maximum absolute atomic E-state index is 11.6. The Hall–Kier alpha value is -1.78. The van der Waals surface area contributed by atoms with Crippen LogP contribution in [0.4, 0.5) is 0 Å². The third kappa shape index (κ3) is 4.43. The smallest absolute Gasteiger partial charge is 0.222 e. The molecule has 106 valence electrons. The van der Waals surface area contributed by atoms with Crippen LogP contribution in [0.25, 0.3) is 0 Å². The molecule has 1 saturated heterocycles. The largest absolute Gasteiger partial charge is 0.497 e. The highest BCUT2D eigenvalue weighted by Crippen LogP contribution is 2.13. The molecule has 5 heteroatoms. The van der Waals surface area contributed by atoms with Crippen molar-refractivity contribution in [1.82, 2.24) is 9.80 Å². The van der Waals surface area contributed by atoms with E-state index < -0.39 is 0 Å². The van der Waals surface area contributed by atoms with Gasteiger partial charge in [-0.05, 0) is 6.92 Å². The molecule has 0 radical (unpaired) electrons. The summed E-state index contributed by atoms with van der Waals surface area (Å²) in [6.45, 7) is 10.6. The molecular formula is C14H23N3O2. The highest BCUT2D eigenvalue weighted by molar-refractivity contribution is 5.75. The van der Waals surface area contributed by atoms with Gasteiger partial charge in [-0.2, -0.15) is 0 Å². The van der Waals surface area contributed by atoms with Crippen LogP contribution in [0.2, 0.25) is 0 Å². The number of aliphatic imine (C=N–C) groups is 1. The van der Waals surface area contributed by atoms with Crippen LogP contribution in [-0.2, 0) is 9.53 Å². The summed E-state index contributed by atoms with van der Waals surface area (Å²) >= 11 is 0. The summed E-state index contributed by atoms with van der Waals surface area (Å²) in [5.41, 5.74) is 0. The number of carbonyl (C=O) groups excluding carboxylic acids is 1. The molecule has 0 aliphatic carbocycles. The SMILES string of the molecule is C=C(/C=C(\N=C/C)N1CCN(C(=O)CC)CC1)OC. The molecule has 0 aromatic heterocycles. The number of piperazine rings is 1. The average molecular weight is 265 g/mol. The summed E-state index contributed by atoms with van der Waals surface area (Å²) in [4.78, 5) is 20.0. The van der Waals surface area contributed by atoms with Crippen molar-refractivity contribution in [2.45, 2.75) is 20.3 Å². The van der Waals surface area contributed by atoms with Crippen molar-refractivity contribution >= 4 is 12.1 Å². The third-order valence-electron chi connectivity index (χ3n) is 3.07. The number of allylic oxidation sites excluding steroid dienone is 1. The Morgan fingerprint density at radius 1 is 1.32 bits per heavy atom. The molecule has 1 rings (SSSR count). The monoisotopic (exact) mass is 265 g/mol. The first-order chi connectivity index (χ1) is 9.12. The van der Waals surface area contributed by atoms with Gasteiger partial charge in [-0.1, -0.05) is 13.5 Å². The zero-order valence-electron chi connectivity index (χ0n) is 12.1. The van der Waals surface area contributed by atoms with Gasteiger partial charge in [0.1, 0.15) is 11.6 Å². The van der Waals surface area contributed by atoms with Gasteiger partial charge in [0.2, 0.25) is 5.91 Å². The van der Waals surface area contributed by atoms with Crippen molar-refractivity contribution in [3.05, 3.63) is 24.2 Å². The predicted molar refractivity (Wildman–Crippen MR) is 76.8 cm³/mol. The molecule has 0 aromatic rings.